The largest absolute Gasteiger partial charge is 0.325 e. The van der Waals surface area contributed by atoms with Crippen molar-refractivity contribution in [2.45, 2.75) is 27.2 Å². The molecule has 1 N–H and O–H groups in total. The van der Waals surface area contributed by atoms with E-state index in [9.17, 15) is 9.59 Å². The van der Waals surface area contributed by atoms with Gasteiger partial charge in [-0.3, -0.25) is 9.59 Å². The van der Waals surface area contributed by atoms with Gasteiger partial charge in [-0.15, -0.1) is 0 Å². The van der Waals surface area contributed by atoms with E-state index in [1.165, 1.54) is 0 Å². The summed E-state index contributed by atoms with van der Waals surface area (Å²) in [7, 11) is 0. The highest BCUT2D eigenvalue weighted by Gasteiger charge is 2.63. The first-order valence-corrected chi connectivity index (χ1v) is 7.03. The van der Waals surface area contributed by atoms with Crippen molar-refractivity contribution in [3.05, 3.63) is 47.2 Å². The van der Waals surface area contributed by atoms with E-state index in [4.69, 9.17) is 0 Å². The number of fused-ring (bicyclic) bond motifs is 1. The van der Waals surface area contributed by atoms with Gasteiger partial charge in [-0.1, -0.05) is 32.0 Å². The Morgan fingerprint density at radius 1 is 1.20 bits per heavy atom. The number of hydrogen-bond donors (Lipinski definition) is 1. The summed E-state index contributed by atoms with van der Waals surface area (Å²) in [6.07, 6.45) is 0.811. The zero-order valence-electron chi connectivity index (χ0n) is 12.1. The molecule has 0 aromatic heterocycles. The van der Waals surface area contributed by atoms with Crippen LogP contribution in [0.25, 0.3) is 0 Å². The summed E-state index contributed by atoms with van der Waals surface area (Å²) in [5.41, 5.74) is 2.51. The number of nitrogens with one attached hydrogen (secondary N) is 1. The maximum atomic E-state index is 12.2. The highest BCUT2D eigenvalue weighted by Crippen LogP contribution is 2.68. The first-order valence-electron chi connectivity index (χ1n) is 7.03. The van der Waals surface area contributed by atoms with Crippen molar-refractivity contribution in [1.82, 2.24) is 5.32 Å². The first-order chi connectivity index (χ1) is 9.43. The molecule has 2 aliphatic rings. The molecule has 0 unspecified atom stereocenters. The van der Waals surface area contributed by atoms with Crippen molar-refractivity contribution in [2.75, 3.05) is 0 Å². The van der Waals surface area contributed by atoms with Gasteiger partial charge in [0.25, 0.3) is 5.91 Å². The Morgan fingerprint density at radius 2 is 1.85 bits per heavy atom. The lowest BCUT2D eigenvalue weighted by Crippen LogP contribution is -2.25. The van der Waals surface area contributed by atoms with E-state index in [2.05, 4.69) is 19.2 Å². The van der Waals surface area contributed by atoms with Crippen LogP contribution in [0.5, 0.6) is 0 Å². The van der Waals surface area contributed by atoms with E-state index >= 15 is 0 Å². The number of benzene rings is 1. The fourth-order valence-electron chi connectivity index (χ4n) is 3.56. The minimum absolute atomic E-state index is 0.0893. The molecule has 3 nitrogen and oxygen atoms in total. The number of rotatable bonds is 3. The third-order valence-electron chi connectivity index (χ3n) is 4.79. The lowest BCUT2D eigenvalue weighted by atomic mass is 9.96. The average molecular weight is 269 g/mol. The minimum Gasteiger partial charge on any atom is -0.325 e. The Labute approximate surface area is 119 Å². The smallest absolute Gasteiger partial charge is 0.255 e. The highest BCUT2D eigenvalue weighted by atomic mass is 16.1. The van der Waals surface area contributed by atoms with Crippen LogP contribution < -0.4 is 5.32 Å². The van der Waals surface area contributed by atoms with E-state index < -0.39 is 0 Å². The first kappa shape index (κ1) is 13.1. The van der Waals surface area contributed by atoms with E-state index in [0.29, 0.717) is 17.4 Å². The van der Waals surface area contributed by atoms with E-state index in [0.717, 1.165) is 17.7 Å². The number of Topliss-reactive ketones (excluding diaryl/α,β-unsaturated/α-hetero) is 1. The summed E-state index contributed by atoms with van der Waals surface area (Å²) in [4.78, 5) is 24.1. The number of allylic oxidation sites excluding steroid dienone is 2. The Morgan fingerprint density at radius 3 is 2.45 bits per heavy atom. The molecule has 2 aliphatic carbocycles. The molecule has 104 valence electrons. The molecule has 1 amide bonds. The van der Waals surface area contributed by atoms with Gasteiger partial charge in [0.2, 0.25) is 0 Å². The average Bonchev–Trinajstić information content (AvgIpc) is 2.77. The van der Waals surface area contributed by atoms with E-state index in [1.807, 2.05) is 18.2 Å². The summed E-state index contributed by atoms with van der Waals surface area (Å²) in [5.74, 6) is 0.795. The molecule has 0 aliphatic heterocycles. The number of ketones is 1. The van der Waals surface area contributed by atoms with Crippen molar-refractivity contribution in [3.63, 3.8) is 0 Å². The molecule has 0 radical (unpaired) electrons. The molecule has 3 heteroatoms. The minimum atomic E-state index is -0.126. The molecule has 0 bridgehead atoms. The maximum Gasteiger partial charge on any atom is 0.255 e. The van der Waals surface area contributed by atoms with Crippen molar-refractivity contribution in [2.24, 2.45) is 17.3 Å². The number of amides is 1. The van der Waals surface area contributed by atoms with Crippen molar-refractivity contribution in [3.8, 4) is 0 Å². The van der Waals surface area contributed by atoms with Gasteiger partial charge in [0.05, 0.1) is 0 Å². The SMILES string of the molecule is CC(=O)C1=C(NC(=O)c2ccccc2)C[C@@H]2[C@H]1C2(C)C. The third-order valence-corrected chi connectivity index (χ3v) is 4.79. The Kier molecular flexibility index (Phi) is 2.82. The molecule has 1 aromatic rings. The van der Waals surface area contributed by atoms with Crippen LogP contribution in [0.15, 0.2) is 41.6 Å². The number of hydrogen-bond acceptors (Lipinski definition) is 2. The summed E-state index contributed by atoms with van der Waals surface area (Å²) >= 11 is 0. The predicted molar refractivity (Wildman–Crippen MR) is 77.0 cm³/mol. The second-order valence-corrected chi connectivity index (χ2v) is 6.38. The molecule has 1 aromatic carbocycles. The van der Waals surface area contributed by atoms with Crippen molar-refractivity contribution < 1.29 is 9.59 Å². The fourth-order valence-corrected chi connectivity index (χ4v) is 3.56. The molecule has 0 spiro atoms. The summed E-state index contributed by atoms with van der Waals surface area (Å²) < 4.78 is 0. The van der Waals surface area contributed by atoms with Crippen molar-refractivity contribution >= 4 is 11.7 Å². The monoisotopic (exact) mass is 269 g/mol. The zero-order valence-corrected chi connectivity index (χ0v) is 12.1. The maximum absolute atomic E-state index is 12.2. The number of carbonyl (C=O) groups is 2. The van der Waals surface area contributed by atoms with Crippen LogP contribution in [-0.4, -0.2) is 11.7 Å². The Hall–Kier alpha value is -1.90. The van der Waals surface area contributed by atoms with Crippen LogP contribution >= 0.6 is 0 Å². The van der Waals surface area contributed by atoms with Gasteiger partial charge in [-0.05, 0) is 42.7 Å². The molecule has 3 rings (SSSR count). The number of carbonyl (C=O) groups excluding carboxylic acids is 2. The summed E-state index contributed by atoms with van der Waals surface area (Å²) in [5, 5.41) is 2.95. The molecule has 20 heavy (non-hydrogen) atoms. The van der Waals surface area contributed by atoms with Crippen LogP contribution in [-0.2, 0) is 4.79 Å². The standard InChI is InChI=1S/C17H19NO2/c1-10(19)14-13(9-12-15(14)17(12,2)3)18-16(20)11-7-5-4-6-8-11/h4-8,12,15H,9H2,1-3H3,(H,18,20)/t12-,15-/m1/s1. The molecule has 1 saturated carbocycles. The molecule has 0 heterocycles. The lowest BCUT2D eigenvalue weighted by Gasteiger charge is -2.15. The fraction of sp³-hybridized carbons (Fsp3) is 0.412. The van der Waals surface area contributed by atoms with Gasteiger partial charge in [-0.25, -0.2) is 0 Å². The van der Waals surface area contributed by atoms with E-state index in [1.54, 1.807) is 19.1 Å². The second-order valence-electron chi connectivity index (χ2n) is 6.38. The van der Waals surface area contributed by atoms with Gasteiger partial charge >= 0.3 is 0 Å². The van der Waals surface area contributed by atoms with E-state index in [-0.39, 0.29) is 17.1 Å². The Bertz CT molecular complexity index is 613. The highest BCUT2D eigenvalue weighted by molar-refractivity contribution is 6.00. The van der Waals surface area contributed by atoms with Crippen LogP contribution in [0, 0.1) is 17.3 Å². The lowest BCUT2D eigenvalue weighted by molar-refractivity contribution is -0.114. The van der Waals surface area contributed by atoms with Crippen LogP contribution in [0.3, 0.4) is 0 Å². The summed E-state index contributed by atoms with van der Waals surface area (Å²) in [6, 6.07) is 9.12. The molecular formula is C17H19NO2. The van der Waals surface area contributed by atoms with Gasteiger partial charge < -0.3 is 5.32 Å². The zero-order chi connectivity index (χ0) is 14.5. The van der Waals surface area contributed by atoms with Crippen LogP contribution in [0.2, 0.25) is 0 Å². The van der Waals surface area contributed by atoms with Gasteiger partial charge in [0, 0.05) is 16.8 Å². The Balaban J connectivity index is 1.84. The van der Waals surface area contributed by atoms with Gasteiger partial charge in [0.1, 0.15) is 0 Å². The molecule has 1 fully saturated rings. The van der Waals surface area contributed by atoms with Crippen LogP contribution in [0.1, 0.15) is 37.6 Å². The van der Waals surface area contributed by atoms with Crippen molar-refractivity contribution in [1.29, 1.82) is 0 Å². The van der Waals surface area contributed by atoms with Gasteiger partial charge in [-0.2, -0.15) is 0 Å². The van der Waals surface area contributed by atoms with Gasteiger partial charge in [0.15, 0.2) is 5.78 Å². The molecule has 2 atom stereocenters. The predicted octanol–water partition coefficient (Wildman–Crippen LogP) is 2.94. The quantitative estimate of drug-likeness (QED) is 0.917. The van der Waals surface area contributed by atoms with Crippen LogP contribution in [0.4, 0.5) is 0 Å². The summed E-state index contributed by atoms with van der Waals surface area (Å²) in [6.45, 7) is 5.99. The normalized spacial score (nSPS) is 26.1. The second kappa shape index (κ2) is 4.30. The molecule has 0 saturated heterocycles. The molecular weight excluding hydrogens is 250 g/mol. The third kappa shape index (κ3) is 1.89. The topological polar surface area (TPSA) is 46.2 Å².